The van der Waals surface area contributed by atoms with Crippen LogP contribution in [0.3, 0.4) is 0 Å². The summed E-state index contributed by atoms with van der Waals surface area (Å²) >= 11 is 1.19. The number of thioether (sulfide) groups is 1. The molecule has 2 amide bonds. The van der Waals surface area contributed by atoms with Gasteiger partial charge in [-0.2, -0.15) is 18.3 Å². The van der Waals surface area contributed by atoms with Gasteiger partial charge >= 0.3 is 18.1 Å². The number of β-lactam (4-membered cyclic amide) rings is 1. The summed E-state index contributed by atoms with van der Waals surface area (Å²) in [5.41, 5.74) is -0.810. The van der Waals surface area contributed by atoms with Gasteiger partial charge in [-0.25, -0.2) is 4.79 Å². The van der Waals surface area contributed by atoms with Crippen LogP contribution in [0.2, 0.25) is 0 Å². The van der Waals surface area contributed by atoms with Crippen LogP contribution in [0.4, 0.5) is 13.2 Å². The molecule has 33 heavy (non-hydrogen) atoms. The van der Waals surface area contributed by atoms with Crippen LogP contribution in [0.25, 0.3) is 0 Å². The average Bonchev–Trinajstić information content (AvgIpc) is 3.48. The van der Waals surface area contributed by atoms with Crippen molar-refractivity contribution in [3.63, 3.8) is 0 Å². The van der Waals surface area contributed by atoms with Gasteiger partial charge in [0.1, 0.15) is 30.3 Å². The van der Waals surface area contributed by atoms with Crippen LogP contribution in [0.15, 0.2) is 17.3 Å². The smallest absolute Gasteiger partial charge is 0.435 e. The standard InChI is InChI=1S/C19H19F3N4O6S/c1-8(27)32-6-10-7-33-17-14(16(29)26(17)15(10)18(30)31)23-13(28)5-25-11(9-2-3-9)4-12(24-25)19(20,21)22/h4,9,14,17H,2-3,5-7H2,1H3,(H,23,28)(H,30,31)/t14-,17+/m1/s1. The van der Waals surface area contributed by atoms with E-state index >= 15 is 0 Å². The fraction of sp³-hybridized carbons (Fsp3) is 0.526. The molecular formula is C19H19F3N4O6S. The Morgan fingerprint density at radius 2 is 2.03 bits per heavy atom. The van der Waals surface area contributed by atoms with Crippen molar-refractivity contribution in [1.29, 1.82) is 0 Å². The molecule has 2 fully saturated rings. The summed E-state index contributed by atoms with van der Waals surface area (Å²) in [6.45, 7) is 0.400. The van der Waals surface area contributed by atoms with Crippen LogP contribution in [-0.4, -0.2) is 67.3 Å². The number of fused-ring (bicyclic) bond motifs is 1. The van der Waals surface area contributed by atoms with Gasteiger partial charge < -0.3 is 15.2 Å². The number of carboxylic acid groups (broad SMARTS) is 1. The first kappa shape index (κ1) is 23.1. The zero-order valence-electron chi connectivity index (χ0n) is 17.2. The fourth-order valence-corrected chi connectivity index (χ4v) is 5.07. The number of aromatic nitrogens is 2. The van der Waals surface area contributed by atoms with Gasteiger partial charge in [0.2, 0.25) is 5.91 Å². The quantitative estimate of drug-likeness (QED) is 0.431. The summed E-state index contributed by atoms with van der Waals surface area (Å²) in [4.78, 5) is 48.9. The highest BCUT2D eigenvalue weighted by atomic mass is 32.2. The van der Waals surface area contributed by atoms with Gasteiger partial charge in [-0.15, -0.1) is 11.8 Å². The second-order valence-corrected chi connectivity index (χ2v) is 8.98. The van der Waals surface area contributed by atoms with Crippen molar-refractivity contribution in [2.24, 2.45) is 0 Å². The van der Waals surface area contributed by atoms with Gasteiger partial charge in [0.25, 0.3) is 5.91 Å². The van der Waals surface area contributed by atoms with E-state index in [-0.39, 0.29) is 29.5 Å². The van der Waals surface area contributed by atoms with E-state index < -0.39 is 53.6 Å². The van der Waals surface area contributed by atoms with Crippen molar-refractivity contribution in [1.82, 2.24) is 20.0 Å². The third-order valence-corrected chi connectivity index (χ3v) is 6.75. The molecule has 3 aliphatic rings. The Kier molecular flexibility index (Phi) is 5.88. The normalized spacial score (nSPS) is 22.5. The van der Waals surface area contributed by atoms with Crippen molar-refractivity contribution in [2.45, 2.75) is 49.8 Å². The van der Waals surface area contributed by atoms with E-state index in [1.165, 1.54) is 18.7 Å². The van der Waals surface area contributed by atoms with Crippen LogP contribution in [0.1, 0.15) is 37.1 Å². The Bertz CT molecular complexity index is 1060. The number of nitrogens with zero attached hydrogens (tertiary/aromatic N) is 3. The van der Waals surface area contributed by atoms with E-state index in [2.05, 4.69) is 10.4 Å². The van der Waals surface area contributed by atoms with Crippen molar-refractivity contribution in [3.8, 4) is 0 Å². The van der Waals surface area contributed by atoms with Gasteiger partial charge in [0.15, 0.2) is 5.69 Å². The molecule has 1 aliphatic carbocycles. The van der Waals surface area contributed by atoms with Gasteiger partial charge in [-0.3, -0.25) is 24.0 Å². The Morgan fingerprint density at radius 3 is 2.61 bits per heavy atom. The maximum Gasteiger partial charge on any atom is 0.435 e. The highest BCUT2D eigenvalue weighted by molar-refractivity contribution is 8.00. The molecule has 0 unspecified atom stereocenters. The van der Waals surface area contributed by atoms with Crippen LogP contribution in [-0.2, 0) is 36.6 Å². The van der Waals surface area contributed by atoms with E-state index in [1.807, 2.05) is 0 Å². The molecule has 0 radical (unpaired) electrons. The molecular weight excluding hydrogens is 469 g/mol. The number of amides is 2. The van der Waals surface area contributed by atoms with Gasteiger partial charge in [-0.05, 0) is 18.9 Å². The lowest BCUT2D eigenvalue weighted by molar-refractivity contribution is -0.151. The number of hydrogen-bond donors (Lipinski definition) is 2. The minimum Gasteiger partial charge on any atom is -0.477 e. The number of carbonyl (C=O) groups excluding carboxylic acids is 3. The third kappa shape index (κ3) is 4.56. The second-order valence-electron chi connectivity index (χ2n) is 7.88. The number of halogens is 3. The Labute approximate surface area is 189 Å². The van der Waals surface area contributed by atoms with Gasteiger partial charge in [0.05, 0.1) is 0 Å². The zero-order chi connectivity index (χ0) is 24.1. The maximum atomic E-state index is 13.0. The molecule has 1 saturated heterocycles. The molecule has 1 aromatic rings. The maximum absolute atomic E-state index is 13.0. The lowest BCUT2D eigenvalue weighted by atomic mass is 10.0. The van der Waals surface area contributed by atoms with Crippen molar-refractivity contribution in [3.05, 3.63) is 28.7 Å². The van der Waals surface area contributed by atoms with Gasteiger partial charge in [-0.1, -0.05) is 0 Å². The summed E-state index contributed by atoms with van der Waals surface area (Å²) in [6.07, 6.45) is -3.23. The van der Waals surface area contributed by atoms with E-state index in [9.17, 15) is 37.5 Å². The molecule has 4 rings (SSSR count). The van der Waals surface area contributed by atoms with Crippen molar-refractivity contribution >= 4 is 35.5 Å². The number of hydrogen-bond acceptors (Lipinski definition) is 7. The second kappa shape index (κ2) is 8.39. The number of rotatable bonds is 7. The number of alkyl halides is 3. The lowest BCUT2D eigenvalue weighted by Crippen LogP contribution is -2.70. The van der Waals surface area contributed by atoms with E-state index in [4.69, 9.17) is 4.74 Å². The van der Waals surface area contributed by atoms with E-state index in [0.29, 0.717) is 18.5 Å². The van der Waals surface area contributed by atoms with Crippen LogP contribution < -0.4 is 5.32 Å². The van der Waals surface area contributed by atoms with Crippen molar-refractivity contribution in [2.75, 3.05) is 12.4 Å². The molecule has 1 aromatic heterocycles. The molecule has 3 heterocycles. The van der Waals surface area contributed by atoms with Crippen LogP contribution in [0, 0.1) is 0 Å². The predicted molar refractivity (Wildman–Crippen MR) is 106 cm³/mol. The molecule has 14 heteroatoms. The monoisotopic (exact) mass is 488 g/mol. The minimum absolute atomic E-state index is 0.0879. The van der Waals surface area contributed by atoms with Crippen LogP contribution in [0.5, 0.6) is 0 Å². The molecule has 10 nitrogen and oxygen atoms in total. The largest absolute Gasteiger partial charge is 0.477 e. The SMILES string of the molecule is CC(=O)OCC1=C(C(=O)O)N2C(=O)[C@@H](NC(=O)Cn3nc(C(F)(F)F)cc3C3CC3)[C@@H]2SC1. The molecule has 1 saturated carbocycles. The Morgan fingerprint density at radius 1 is 1.33 bits per heavy atom. The predicted octanol–water partition coefficient (Wildman–Crippen LogP) is 1.08. The Hall–Kier alpha value is -3.03. The van der Waals surface area contributed by atoms with E-state index in [0.717, 1.165) is 15.6 Å². The Balaban J connectivity index is 1.45. The molecule has 2 aliphatic heterocycles. The lowest BCUT2D eigenvalue weighted by Gasteiger charge is -2.49. The molecule has 0 bridgehead atoms. The topological polar surface area (TPSA) is 131 Å². The number of nitrogens with one attached hydrogen (secondary N) is 1. The summed E-state index contributed by atoms with van der Waals surface area (Å²) in [5.74, 6) is -3.27. The van der Waals surface area contributed by atoms with Gasteiger partial charge in [0, 0.05) is 29.9 Å². The average molecular weight is 488 g/mol. The highest BCUT2D eigenvalue weighted by Crippen LogP contribution is 2.42. The first-order valence-electron chi connectivity index (χ1n) is 9.95. The number of carboxylic acids is 1. The summed E-state index contributed by atoms with van der Waals surface area (Å²) in [7, 11) is 0. The molecule has 2 atom stereocenters. The number of ether oxygens (including phenoxy) is 1. The molecule has 0 spiro atoms. The minimum atomic E-state index is -4.64. The number of esters is 1. The molecule has 0 aromatic carbocycles. The fourth-order valence-electron chi connectivity index (χ4n) is 3.74. The van der Waals surface area contributed by atoms with E-state index in [1.54, 1.807) is 0 Å². The summed E-state index contributed by atoms with van der Waals surface area (Å²) in [5, 5.41) is 14.8. The number of aliphatic carboxylic acids is 1. The highest BCUT2D eigenvalue weighted by Gasteiger charge is 2.54. The molecule has 178 valence electrons. The molecule has 2 N–H and O–H groups in total. The summed E-state index contributed by atoms with van der Waals surface area (Å²) < 4.78 is 45.0. The van der Waals surface area contributed by atoms with Crippen LogP contribution >= 0.6 is 11.8 Å². The first-order chi connectivity index (χ1) is 15.5. The summed E-state index contributed by atoms with van der Waals surface area (Å²) in [6, 6.07) is -0.0959. The third-order valence-electron chi connectivity index (χ3n) is 5.41. The number of carbonyl (C=O) groups is 4. The zero-order valence-corrected chi connectivity index (χ0v) is 18.0. The van der Waals surface area contributed by atoms with Crippen molar-refractivity contribution < 1.29 is 42.2 Å². The first-order valence-corrected chi connectivity index (χ1v) is 11.0.